The summed E-state index contributed by atoms with van der Waals surface area (Å²) in [5, 5.41) is 0.327. The fraction of sp³-hybridized carbons (Fsp3) is 0.200. The summed E-state index contributed by atoms with van der Waals surface area (Å²) in [6.45, 7) is 1.57. The second-order valence-electron chi connectivity index (χ2n) is 3.17. The molecule has 0 spiro atoms. The van der Waals surface area contributed by atoms with Crippen LogP contribution in [0, 0.1) is 19.3 Å². The molecule has 3 N–H and O–H groups in total. The van der Waals surface area contributed by atoms with Crippen molar-refractivity contribution in [3.8, 4) is 12.3 Å². The molecule has 0 bridgehead atoms. The van der Waals surface area contributed by atoms with Gasteiger partial charge >= 0.3 is 0 Å². The van der Waals surface area contributed by atoms with E-state index in [1.807, 2.05) is 0 Å². The Morgan fingerprint density at radius 3 is 2.75 bits per heavy atom. The van der Waals surface area contributed by atoms with Crippen molar-refractivity contribution in [2.75, 3.05) is 12.3 Å². The molecule has 0 atom stereocenters. The van der Waals surface area contributed by atoms with Crippen LogP contribution < -0.4 is 10.5 Å². The average molecular weight is 259 g/mol. The van der Waals surface area contributed by atoms with Crippen LogP contribution in [0.4, 0.5) is 5.69 Å². The standard InChI is InChI=1S/C10H11ClN2O2S/c1-3-4-13-16(14,15)10-6-9(12)8(11)5-7(10)2/h1,5-6,13H,4,12H2,2H3. The van der Waals surface area contributed by atoms with Crippen LogP contribution in [0.15, 0.2) is 17.0 Å². The van der Waals surface area contributed by atoms with Crippen LogP contribution in [0.2, 0.25) is 5.02 Å². The van der Waals surface area contributed by atoms with E-state index in [0.717, 1.165) is 0 Å². The number of terminal acetylenes is 1. The van der Waals surface area contributed by atoms with E-state index in [2.05, 4.69) is 10.6 Å². The third-order valence-electron chi connectivity index (χ3n) is 1.95. The van der Waals surface area contributed by atoms with Gasteiger partial charge in [0.25, 0.3) is 0 Å². The van der Waals surface area contributed by atoms with Crippen molar-refractivity contribution < 1.29 is 8.42 Å². The molecule has 0 radical (unpaired) electrons. The molecule has 0 aliphatic carbocycles. The van der Waals surface area contributed by atoms with Gasteiger partial charge in [0.15, 0.2) is 0 Å². The molecule has 0 heterocycles. The minimum absolute atomic E-state index is 0.0652. The second kappa shape index (κ2) is 4.74. The molecule has 0 unspecified atom stereocenters. The van der Waals surface area contributed by atoms with Crippen molar-refractivity contribution in [2.24, 2.45) is 0 Å². The van der Waals surface area contributed by atoms with Crippen molar-refractivity contribution >= 4 is 27.3 Å². The summed E-state index contributed by atoms with van der Waals surface area (Å²) in [7, 11) is -3.62. The molecule has 1 rings (SSSR count). The van der Waals surface area contributed by atoms with E-state index in [9.17, 15) is 8.42 Å². The predicted octanol–water partition coefficient (Wildman–Crippen LogP) is 1.14. The van der Waals surface area contributed by atoms with E-state index in [0.29, 0.717) is 10.6 Å². The third kappa shape index (κ3) is 2.67. The normalized spacial score (nSPS) is 11.1. The topological polar surface area (TPSA) is 72.2 Å². The Balaban J connectivity index is 3.24. The fourth-order valence-corrected chi connectivity index (χ4v) is 2.58. The van der Waals surface area contributed by atoms with Gasteiger partial charge in [0.2, 0.25) is 10.0 Å². The van der Waals surface area contributed by atoms with Crippen molar-refractivity contribution in [3.05, 3.63) is 22.7 Å². The van der Waals surface area contributed by atoms with Gasteiger partial charge in [0.1, 0.15) is 0 Å². The van der Waals surface area contributed by atoms with E-state index in [1.54, 1.807) is 6.92 Å². The first-order chi connectivity index (χ1) is 7.38. The van der Waals surface area contributed by atoms with E-state index in [-0.39, 0.29) is 17.1 Å². The quantitative estimate of drug-likeness (QED) is 0.631. The van der Waals surface area contributed by atoms with E-state index < -0.39 is 10.0 Å². The van der Waals surface area contributed by atoms with Crippen molar-refractivity contribution in [3.63, 3.8) is 0 Å². The number of hydrogen-bond donors (Lipinski definition) is 2. The van der Waals surface area contributed by atoms with E-state index in [4.69, 9.17) is 23.8 Å². The second-order valence-corrected chi connectivity index (χ2v) is 5.31. The van der Waals surface area contributed by atoms with Crippen LogP contribution >= 0.6 is 11.6 Å². The Hall–Kier alpha value is -1.22. The Morgan fingerprint density at radius 1 is 1.56 bits per heavy atom. The van der Waals surface area contributed by atoms with Crippen molar-refractivity contribution in [1.82, 2.24) is 4.72 Å². The largest absolute Gasteiger partial charge is 0.397 e. The van der Waals surface area contributed by atoms with Crippen LogP contribution in [0.25, 0.3) is 0 Å². The highest BCUT2D eigenvalue weighted by Gasteiger charge is 2.17. The lowest BCUT2D eigenvalue weighted by molar-refractivity contribution is 0.585. The number of anilines is 1. The minimum atomic E-state index is -3.62. The predicted molar refractivity (Wildman–Crippen MR) is 64.6 cm³/mol. The van der Waals surface area contributed by atoms with Crippen LogP contribution in [-0.2, 0) is 10.0 Å². The molecule has 4 nitrogen and oxygen atoms in total. The summed E-state index contributed by atoms with van der Waals surface area (Å²) in [5.41, 5.74) is 6.28. The Kier molecular flexibility index (Phi) is 3.81. The maximum absolute atomic E-state index is 11.8. The zero-order chi connectivity index (χ0) is 12.3. The van der Waals surface area contributed by atoms with E-state index in [1.165, 1.54) is 12.1 Å². The van der Waals surface area contributed by atoms with Crippen LogP contribution in [0.5, 0.6) is 0 Å². The van der Waals surface area contributed by atoms with Gasteiger partial charge in [-0.05, 0) is 24.6 Å². The van der Waals surface area contributed by atoms with Gasteiger partial charge < -0.3 is 5.73 Å². The number of nitrogens with one attached hydrogen (secondary N) is 1. The minimum Gasteiger partial charge on any atom is -0.397 e. The van der Waals surface area contributed by atoms with Crippen LogP contribution in [0.3, 0.4) is 0 Å². The molecule has 0 fully saturated rings. The van der Waals surface area contributed by atoms with Crippen LogP contribution in [0.1, 0.15) is 5.56 Å². The number of nitrogen functional groups attached to an aromatic ring is 1. The molecule has 1 aromatic carbocycles. The average Bonchev–Trinajstić information content (AvgIpc) is 2.20. The maximum atomic E-state index is 11.8. The third-order valence-corrected chi connectivity index (χ3v) is 3.82. The number of sulfonamides is 1. The molecule has 16 heavy (non-hydrogen) atoms. The van der Waals surface area contributed by atoms with Gasteiger partial charge in [-0.2, -0.15) is 4.72 Å². The molecule has 0 aromatic heterocycles. The molecule has 0 saturated carbocycles. The van der Waals surface area contributed by atoms with Crippen LogP contribution in [-0.4, -0.2) is 15.0 Å². The number of halogens is 1. The summed E-state index contributed by atoms with van der Waals surface area (Å²) in [5.74, 6) is 2.19. The van der Waals surface area contributed by atoms with Gasteiger partial charge in [-0.3, -0.25) is 0 Å². The SMILES string of the molecule is C#CCNS(=O)(=O)c1cc(N)c(Cl)cc1C. The molecule has 0 amide bonds. The smallest absolute Gasteiger partial charge is 0.241 e. The van der Waals surface area contributed by atoms with E-state index >= 15 is 0 Å². The molecule has 0 aliphatic heterocycles. The van der Waals surface area contributed by atoms with Crippen molar-refractivity contribution in [2.45, 2.75) is 11.8 Å². The van der Waals surface area contributed by atoms with Gasteiger partial charge in [0, 0.05) is 0 Å². The lowest BCUT2D eigenvalue weighted by atomic mass is 10.2. The molecule has 6 heteroatoms. The fourth-order valence-electron chi connectivity index (χ4n) is 1.17. The molecule has 0 aliphatic rings. The highest BCUT2D eigenvalue weighted by Crippen LogP contribution is 2.25. The molecular weight excluding hydrogens is 248 g/mol. The van der Waals surface area contributed by atoms with Gasteiger partial charge in [0.05, 0.1) is 22.2 Å². The van der Waals surface area contributed by atoms with Crippen molar-refractivity contribution in [1.29, 1.82) is 0 Å². The first-order valence-electron chi connectivity index (χ1n) is 4.37. The van der Waals surface area contributed by atoms with Gasteiger partial charge in [-0.1, -0.05) is 17.5 Å². The monoisotopic (exact) mass is 258 g/mol. The number of benzene rings is 1. The molecule has 0 saturated heterocycles. The Morgan fingerprint density at radius 2 is 2.19 bits per heavy atom. The summed E-state index contributed by atoms with van der Waals surface area (Å²) < 4.78 is 25.8. The lowest BCUT2D eigenvalue weighted by Crippen LogP contribution is -2.24. The number of rotatable bonds is 3. The summed E-state index contributed by atoms with van der Waals surface area (Å²) in [6.07, 6.45) is 4.98. The number of hydrogen-bond acceptors (Lipinski definition) is 3. The number of aryl methyl sites for hydroxylation is 1. The highest BCUT2D eigenvalue weighted by molar-refractivity contribution is 7.89. The number of nitrogens with two attached hydrogens (primary N) is 1. The summed E-state index contributed by atoms with van der Waals surface area (Å²) in [6, 6.07) is 2.82. The Labute approximate surface area is 99.8 Å². The maximum Gasteiger partial charge on any atom is 0.241 e. The molecular formula is C10H11ClN2O2S. The first kappa shape index (κ1) is 12.8. The summed E-state index contributed by atoms with van der Waals surface area (Å²) in [4.78, 5) is 0.0876. The summed E-state index contributed by atoms with van der Waals surface area (Å²) >= 11 is 5.77. The first-order valence-corrected chi connectivity index (χ1v) is 6.23. The molecule has 1 aromatic rings. The van der Waals surface area contributed by atoms with Gasteiger partial charge in [-0.15, -0.1) is 6.42 Å². The Bertz CT molecular complexity index is 547. The zero-order valence-corrected chi connectivity index (χ0v) is 10.2. The van der Waals surface area contributed by atoms with Gasteiger partial charge in [-0.25, -0.2) is 8.42 Å². The lowest BCUT2D eigenvalue weighted by Gasteiger charge is -2.09. The highest BCUT2D eigenvalue weighted by atomic mass is 35.5. The molecule has 86 valence electrons. The zero-order valence-electron chi connectivity index (χ0n) is 8.62.